The van der Waals surface area contributed by atoms with Gasteiger partial charge in [0.15, 0.2) is 11.5 Å². The van der Waals surface area contributed by atoms with Crippen molar-refractivity contribution in [3.63, 3.8) is 0 Å². The molecular formula is C18H19NO2. The van der Waals surface area contributed by atoms with Crippen LogP contribution in [-0.2, 0) is 7.05 Å². The fourth-order valence-corrected chi connectivity index (χ4v) is 2.80. The summed E-state index contributed by atoms with van der Waals surface area (Å²) in [4.78, 5) is 0. The van der Waals surface area contributed by atoms with E-state index in [4.69, 9.17) is 9.47 Å². The van der Waals surface area contributed by atoms with Crippen molar-refractivity contribution in [3.05, 3.63) is 48.0 Å². The monoisotopic (exact) mass is 281 g/mol. The standard InChI is InChI=1S/C18H19NO2/c1-12-9-17(20-3)18(21-4)11-14(12)16-10-13-7-5-6-8-15(13)19(16)2/h5-11H,1-4H3. The van der Waals surface area contributed by atoms with E-state index in [0.717, 1.165) is 17.1 Å². The molecule has 0 spiro atoms. The average molecular weight is 281 g/mol. The maximum atomic E-state index is 5.43. The molecule has 0 aliphatic rings. The molecule has 0 radical (unpaired) electrons. The third-order valence-electron chi connectivity index (χ3n) is 3.96. The number of aromatic nitrogens is 1. The summed E-state index contributed by atoms with van der Waals surface area (Å²) >= 11 is 0. The minimum Gasteiger partial charge on any atom is -0.493 e. The minimum absolute atomic E-state index is 0.753. The summed E-state index contributed by atoms with van der Waals surface area (Å²) in [6.45, 7) is 2.09. The van der Waals surface area contributed by atoms with Gasteiger partial charge in [0.25, 0.3) is 0 Å². The van der Waals surface area contributed by atoms with Crippen LogP contribution >= 0.6 is 0 Å². The molecule has 3 heteroatoms. The highest BCUT2D eigenvalue weighted by molar-refractivity contribution is 5.88. The second-order valence-electron chi connectivity index (χ2n) is 5.17. The molecule has 3 rings (SSSR count). The van der Waals surface area contributed by atoms with Crippen molar-refractivity contribution in [1.29, 1.82) is 0 Å². The van der Waals surface area contributed by atoms with Gasteiger partial charge in [-0.3, -0.25) is 0 Å². The van der Waals surface area contributed by atoms with Crippen LogP contribution in [0.4, 0.5) is 0 Å². The second kappa shape index (κ2) is 5.17. The topological polar surface area (TPSA) is 23.4 Å². The van der Waals surface area contributed by atoms with Gasteiger partial charge in [-0.15, -0.1) is 0 Å². The first-order chi connectivity index (χ1) is 10.2. The van der Waals surface area contributed by atoms with Crippen molar-refractivity contribution in [2.45, 2.75) is 6.92 Å². The number of methoxy groups -OCH3 is 2. The Hall–Kier alpha value is -2.42. The Balaban J connectivity index is 2.25. The van der Waals surface area contributed by atoms with Gasteiger partial charge in [0.1, 0.15) is 0 Å². The zero-order valence-corrected chi connectivity index (χ0v) is 12.8. The molecule has 0 amide bonds. The molecule has 0 bridgehead atoms. The van der Waals surface area contributed by atoms with E-state index >= 15 is 0 Å². The van der Waals surface area contributed by atoms with Crippen LogP contribution in [0.1, 0.15) is 5.56 Å². The molecule has 0 saturated heterocycles. The number of benzene rings is 2. The minimum atomic E-state index is 0.753. The molecule has 0 atom stereocenters. The van der Waals surface area contributed by atoms with Crippen LogP contribution in [0.5, 0.6) is 11.5 Å². The molecule has 0 aliphatic heterocycles. The maximum Gasteiger partial charge on any atom is 0.161 e. The second-order valence-corrected chi connectivity index (χ2v) is 5.17. The summed E-state index contributed by atoms with van der Waals surface area (Å²) < 4.78 is 13.0. The van der Waals surface area contributed by atoms with Gasteiger partial charge in [-0.1, -0.05) is 18.2 Å². The lowest BCUT2D eigenvalue weighted by atomic mass is 10.0. The molecule has 3 aromatic rings. The Bertz CT molecular complexity index is 802. The van der Waals surface area contributed by atoms with E-state index in [0.29, 0.717) is 0 Å². The van der Waals surface area contributed by atoms with Crippen molar-refractivity contribution >= 4 is 10.9 Å². The molecule has 0 fully saturated rings. The fraction of sp³-hybridized carbons (Fsp3) is 0.222. The van der Waals surface area contributed by atoms with Crippen molar-refractivity contribution in [2.75, 3.05) is 14.2 Å². The molecule has 2 aromatic carbocycles. The van der Waals surface area contributed by atoms with Crippen LogP contribution in [0.2, 0.25) is 0 Å². The van der Waals surface area contributed by atoms with E-state index in [9.17, 15) is 0 Å². The van der Waals surface area contributed by atoms with Crippen molar-refractivity contribution < 1.29 is 9.47 Å². The van der Waals surface area contributed by atoms with Gasteiger partial charge in [0.05, 0.1) is 14.2 Å². The molecule has 21 heavy (non-hydrogen) atoms. The maximum absolute atomic E-state index is 5.43. The van der Waals surface area contributed by atoms with Gasteiger partial charge in [0, 0.05) is 29.2 Å². The van der Waals surface area contributed by atoms with E-state index in [1.807, 2.05) is 12.1 Å². The summed E-state index contributed by atoms with van der Waals surface area (Å²) in [6, 6.07) is 14.7. The smallest absolute Gasteiger partial charge is 0.161 e. The van der Waals surface area contributed by atoms with Crippen LogP contribution in [0.25, 0.3) is 22.2 Å². The summed E-state index contributed by atoms with van der Waals surface area (Å²) in [6.07, 6.45) is 0. The summed E-state index contributed by atoms with van der Waals surface area (Å²) in [5.41, 5.74) is 4.72. The molecule has 108 valence electrons. The highest BCUT2D eigenvalue weighted by atomic mass is 16.5. The third-order valence-corrected chi connectivity index (χ3v) is 3.96. The van der Waals surface area contributed by atoms with Crippen LogP contribution in [-0.4, -0.2) is 18.8 Å². The summed E-state index contributed by atoms with van der Waals surface area (Å²) in [5, 5.41) is 1.24. The number of para-hydroxylation sites is 1. The molecule has 0 aliphatic carbocycles. The lowest BCUT2D eigenvalue weighted by Crippen LogP contribution is -1.96. The van der Waals surface area contributed by atoms with E-state index < -0.39 is 0 Å². The normalized spacial score (nSPS) is 10.9. The number of hydrogen-bond acceptors (Lipinski definition) is 2. The number of hydrogen-bond donors (Lipinski definition) is 0. The molecule has 0 saturated carbocycles. The van der Waals surface area contributed by atoms with Crippen molar-refractivity contribution in [3.8, 4) is 22.8 Å². The van der Waals surface area contributed by atoms with Gasteiger partial charge >= 0.3 is 0 Å². The van der Waals surface area contributed by atoms with Gasteiger partial charge in [0.2, 0.25) is 0 Å². The molecule has 0 N–H and O–H groups in total. The first-order valence-corrected chi connectivity index (χ1v) is 6.93. The first-order valence-electron chi connectivity index (χ1n) is 6.93. The lowest BCUT2D eigenvalue weighted by Gasteiger charge is -2.13. The van der Waals surface area contributed by atoms with Crippen LogP contribution in [0.3, 0.4) is 0 Å². The third kappa shape index (κ3) is 2.15. The van der Waals surface area contributed by atoms with E-state index in [1.165, 1.54) is 22.2 Å². The Morgan fingerprint density at radius 2 is 1.57 bits per heavy atom. The number of fused-ring (bicyclic) bond motifs is 1. The molecule has 0 unspecified atom stereocenters. The van der Waals surface area contributed by atoms with Gasteiger partial charge < -0.3 is 14.0 Å². The number of rotatable bonds is 3. The predicted molar refractivity (Wildman–Crippen MR) is 86.2 cm³/mol. The lowest BCUT2D eigenvalue weighted by molar-refractivity contribution is 0.355. The molecule has 1 heterocycles. The van der Waals surface area contributed by atoms with Gasteiger partial charge in [-0.05, 0) is 36.8 Å². The SMILES string of the molecule is COc1cc(C)c(-c2cc3ccccc3n2C)cc1OC. The molecule has 3 nitrogen and oxygen atoms in total. The van der Waals surface area contributed by atoms with Gasteiger partial charge in [-0.2, -0.15) is 0 Å². The molecule has 1 aromatic heterocycles. The quantitative estimate of drug-likeness (QED) is 0.719. The Morgan fingerprint density at radius 1 is 0.905 bits per heavy atom. The highest BCUT2D eigenvalue weighted by Crippen LogP contribution is 2.37. The van der Waals surface area contributed by atoms with Crippen molar-refractivity contribution in [1.82, 2.24) is 4.57 Å². The highest BCUT2D eigenvalue weighted by Gasteiger charge is 2.14. The zero-order chi connectivity index (χ0) is 15.0. The van der Waals surface area contributed by atoms with E-state index in [-0.39, 0.29) is 0 Å². The first kappa shape index (κ1) is 13.6. The van der Waals surface area contributed by atoms with E-state index in [2.05, 4.69) is 48.9 Å². The van der Waals surface area contributed by atoms with Crippen molar-refractivity contribution in [2.24, 2.45) is 7.05 Å². The van der Waals surface area contributed by atoms with Crippen LogP contribution in [0.15, 0.2) is 42.5 Å². The zero-order valence-electron chi connectivity index (χ0n) is 12.8. The van der Waals surface area contributed by atoms with Gasteiger partial charge in [-0.25, -0.2) is 0 Å². The Labute approximate surface area is 124 Å². The van der Waals surface area contributed by atoms with Crippen LogP contribution in [0, 0.1) is 6.92 Å². The number of aryl methyl sites for hydroxylation is 2. The van der Waals surface area contributed by atoms with Crippen LogP contribution < -0.4 is 9.47 Å². The van der Waals surface area contributed by atoms with E-state index in [1.54, 1.807) is 14.2 Å². The molecular weight excluding hydrogens is 262 g/mol. The number of nitrogens with zero attached hydrogens (tertiary/aromatic N) is 1. The Kier molecular flexibility index (Phi) is 3.34. The number of ether oxygens (including phenoxy) is 2. The Morgan fingerprint density at radius 3 is 2.24 bits per heavy atom. The summed E-state index contributed by atoms with van der Waals surface area (Å²) in [7, 11) is 5.42. The average Bonchev–Trinajstić information content (AvgIpc) is 2.84. The predicted octanol–water partition coefficient (Wildman–Crippen LogP) is 4.17. The largest absolute Gasteiger partial charge is 0.493 e. The summed E-state index contributed by atoms with van der Waals surface area (Å²) in [5.74, 6) is 1.51. The fourth-order valence-electron chi connectivity index (χ4n) is 2.80.